The van der Waals surface area contributed by atoms with Gasteiger partial charge in [0.2, 0.25) is 11.4 Å². The average molecular weight is 459 g/mol. The van der Waals surface area contributed by atoms with Gasteiger partial charge in [0.15, 0.2) is 0 Å². The number of allylic oxidation sites excluding steroid dienone is 1. The predicted molar refractivity (Wildman–Crippen MR) is 146 cm³/mol. The normalized spacial score (nSPS) is 13.3. The van der Waals surface area contributed by atoms with Crippen molar-refractivity contribution in [2.45, 2.75) is 0 Å². The van der Waals surface area contributed by atoms with Crippen molar-refractivity contribution in [3.63, 3.8) is 0 Å². The van der Waals surface area contributed by atoms with Crippen molar-refractivity contribution in [2.24, 2.45) is 0 Å². The second-order valence-corrected chi connectivity index (χ2v) is 9.56. The molecule has 0 aromatic heterocycles. The quantitative estimate of drug-likeness (QED) is 0.413. The zero-order chi connectivity index (χ0) is 24.3. The number of phenolic OH excluding ortho intramolecular Hbond substituents is 1. The van der Waals surface area contributed by atoms with Crippen molar-refractivity contribution in [3.05, 3.63) is 107 Å². The summed E-state index contributed by atoms with van der Waals surface area (Å²) in [5.74, 6) is 0.269. The summed E-state index contributed by atoms with van der Waals surface area (Å²) in [5, 5.41) is 10.8. The molecule has 1 aliphatic carbocycles. The van der Waals surface area contributed by atoms with E-state index in [1.54, 1.807) is 6.07 Å². The molecule has 0 fully saturated rings. The smallest absolute Gasteiger partial charge is 0.223 e. The zero-order valence-electron chi connectivity index (χ0n) is 20.4. The summed E-state index contributed by atoms with van der Waals surface area (Å²) in [6, 6.07) is 29.4. The van der Waals surface area contributed by atoms with Crippen LogP contribution in [0.5, 0.6) is 5.75 Å². The molecule has 0 radical (unpaired) electrons. The number of hydrogen-bond acceptors (Lipinski definition) is 3. The number of nitrogens with one attached hydrogen (secondary N) is 1. The van der Waals surface area contributed by atoms with E-state index in [0.717, 1.165) is 28.1 Å². The van der Waals surface area contributed by atoms with Gasteiger partial charge in [-0.05, 0) is 64.7 Å². The maximum Gasteiger partial charge on any atom is 0.223 e. The first kappa shape index (κ1) is 21.2. The predicted octanol–water partition coefficient (Wildman–Crippen LogP) is 4.68. The Morgan fingerprint density at radius 2 is 1.09 bits per heavy atom. The Labute approximate surface area is 206 Å². The van der Waals surface area contributed by atoms with Gasteiger partial charge in [0, 0.05) is 51.2 Å². The lowest BCUT2D eigenvalue weighted by atomic mass is 9.88. The van der Waals surface area contributed by atoms with E-state index >= 15 is 0 Å². The summed E-state index contributed by atoms with van der Waals surface area (Å²) in [6.07, 6.45) is 0. The Bertz CT molecular complexity index is 1500. The third-order valence-electron chi connectivity index (χ3n) is 7.00. The van der Waals surface area contributed by atoms with Gasteiger partial charge in [0.25, 0.3) is 0 Å². The lowest BCUT2D eigenvalue weighted by molar-refractivity contribution is -0.348. The molecule has 0 atom stereocenters. The third-order valence-corrected chi connectivity index (χ3v) is 7.00. The van der Waals surface area contributed by atoms with E-state index in [0.29, 0.717) is 0 Å². The number of phenols is 1. The standard InChI is InChI=1S/C31H27N3O/c1-33(2)19-13-15-21-25(17-19)26-18-20(34(3)4)14-16-22(26)29(21)30-23-9-5-7-11-27(23)32-31(30)24-10-6-8-12-28(24)35/h5-18,35H,1-4H3/p+1. The van der Waals surface area contributed by atoms with Crippen LogP contribution in [0.25, 0.3) is 22.3 Å². The van der Waals surface area contributed by atoms with Crippen LogP contribution in [0.15, 0.2) is 84.9 Å². The first-order valence-electron chi connectivity index (χ1n) is 11.8. The molecule has 4 nitrogen and oxygen atoms in total. The molecule has 0 saturated heterocycles. The molecule has 0 amide bonds. The van der Waals surface area contributed by atoms with Crippen molar-refractivity contribution < 1.29 is 10.1 Å². The van der Waals surface area contributed by atoms with E-state index in [1.165, 1.54) is 39.2 Å². The largest absolute Gasteiger partial charge is 0.507 e. The maximum absolute atomic E-state index is 10.8. The molecule has 4 aromatic carbocycles. The van der Waals surface area contributed by atoms with Crippen molar-refractivity contribution >= 4 is 33.9 Å². The van der Waals surface area contributed by atoms with E-state index in [2.05, 4.69) is 97.6 Å². The summed E-state index contributed by atoms with van der Waals surface area (Å²) in [6.45, 7) is 0. The Morgan fingerprint density at radius 3 is 1.66 bits per heavy atom. The summed E-state index contributed by atoms with van der Waals surface area (Å²) in [7, 11) is 8.31. The minimum atomic E-state index is 0.269. The SMILES string of the molecule is CN(C)c1ccc2c(c1)-c1cc(N(C)C)ccc1C2=C1C(c2ccccc2O)=[NH+]c2ccccc21. The van der Waals surface area contributed by atoms with Crippen LogP contribution in [0, 0.1) is 0 Å². The molecule has 4 heteroatoms. The van der Waals surface area contributed by atoms with E-state index in [4.69, 9.17) is 0 Å². The molecule has 1 aliphatic heterocycles. The van der Waals surface area contributed by atoms with Gasteiger partial charge >= 0.3 is 0 Å². The minimum Gasteiger partial charge on any atom is -0.507 e. The lowest BCUT2D eigenvalue weighted by Crippen LogP contribution is -2.64. The molecule has 0 saturated carbocycles. The molecule has 4 aromatic rings. The van der Waals surface area contributed by atoms with Gasteiger partial charge < -0.3 is 14.9 Å². The number of aromatic hydroxyl groups is 1. The molecular weight excluding hydrogens is 430 g/mol. The van der Waals surface area contributed by atoms with Gasteiger partial charge in [-0.15, -0.1) is 0 Å². The fourth-order valence-electron chi connectivity index (χ4n) is 5.21. The maximum atomic E-state index is 10.8. The van der Waals surface area contributed by atoms with Crippen LogP contribution in [0.3, 0.4) is 0 Å². The highest BCUT2D eigenvalue weighted by Crippen LogP contribution is 2.51. The van der Waals surface area contributed by atoms with Gasteiger partial charge in [-0.2, -0.15) is 0 Å². The molecular formula is C31H28N3O+. The highest BCUT2D eigenvalue weighted by molar-refractivity contribution is 6.40. The minimum absolute atomic E-state index is 0.269. The summed E-state index contributed by atoms with van der Waals surface area (Å²) >= 11 is 0. The van der Waals surface area contributed by atoms with Crippen molar-refractivity contribution in [3.8, 4) is 16.9 Å². The van der Waals surface area contributed by atoms with Crippen LogP contribution in [0.1, 0.15) is 22.3 Å². The van der Waals surface area contributed by atoms with Crippen LogP contribution < -0.4 is 14.8 Å². The van der Waals surface area contributed by atoms with Crippen molar-refractivity contribution in [1.82, 2.24) is 0 Å². The number of rotatable bonds is 3. The molecule has 35 heavy (non-hydrogen) atoms. The van der Waals surface area contributed by atoms with Gasteiger partial charge in [-0.25, -0.2) is 4.99 Å². The van der Waals surface area contributed by atoms with Crippen molar-refractivity contribution in [1.29, 1.82) is 0 Å². The molecule has 2 aliphatic rings. The molecule has 1 heterocycles. The molecule has 172 valence electrons. The number of para-hydroxylation sites is 2. The first-order valence-corrected chi connectivity index (χ1v) is 11.8. The number of nitrogens with zero attached hydrogens (tertiary/aromatic N) is 2. The van der Waals surface area contributed by atoms with E-state index < -0.39 is 0 Å². The fraction of sp³-hybridized carbons (Fsp3) is 0.129. The third kappa shape index (κ3) is 3.25. The van der Waals surface area contributed by atoms with Crippen LogP contribution in [0.2, 0.25) is 0 Å². The second kappa shape index (κ2) is 7.88. The second-order valence-electron chi connectivity index (χ2n) is 9.56. The highest BCUT2D eigenvalue weighted by atomic mass is 16.3. The molecule has 2 N–H and O–H groups in total. The Hall–Kier alpha value is -4.31. The van der Waals surface area contributed by atoms with Crippen LogP contribution in [-0.4, -0.2) is 39.0 Å². The van der Waals surface area contributed by atoms with Crippen molar-refractivity contribution in [2.75, 3.05) is 38.0 Å². The van der Waals surface area contributed by atoms with Crippen LogP contribution in [-0.2, 0) is 0 Å². The fourth-order valence-corrected chi connectivity index (χ4v) is 5.21. The molecule has 0 unspecified atom stereocenters. The number of fused-ring (bicyclic) bond motifs is 4. The summed E-state index contributed by atoms with van der Waals surface area (Å²) in [4.78, 5) is 7.91. The van der Waals surface area contributed by atoms with Gasteiger partial charge in [0.05, 0.1) is 16.7 Å². The highest BCUT2D eigenvalue weighted by Gasteiger charge is 2.37. The van der Waals surface area contributed by atoms with Gasteiger partial charge in [-0.1, -0.05) is 36.4 Å². The lowest BCUT2D eigenvalue weighted by Gasteiger charge is -2.15. The zero-order valence-corrected chi connectivity index (χ0v) is 20.4. The Kier molecular flexibility index (Phi) is 4.78. The summed E-state index contributed by atoms with van der Waals surface area (Å²) in [5.41, 5.74) is 13.5. The van der Waals surface area contributed by atoms with E-state index in [9.17, 15) is 5.11 Å². The Morgan fingerprint density at radius 1 is 0.543 bits per heavy atom. The first-order chi connectivity index (χ1) is 16.9. The van der Waals surface area contributed by atoms with Gasteiger partial charge in [-0.3, -0.25) is 0 Å². The topological polar surface area (TPSA) is 40.7 Å². The number of anilines is 2. The summed E-state index contributed by atoms with van der Waals surface area (Å²) < 4.78 is 0. The molecule has 0 bridgehead atoms. The number of hydrogen-bond donors (Lipinski definition) is 2. The van der Waals surface area contributed by atoms with E-state index in [1.807, 2.05) is 24.3 Å². The number of benzene rings is 4. The molecule has 0 spiro atoms. The van der Waals surface area contributed by atoms with E-state index in [-0.39, 0.29) is 5.75 Å². The van der Waals surface area contributed by atoms with Crippen LogP contribution >= 0.6 is 0 Å². The Balaban J connectivity index is 1.72. The monoisotopic (exact) mass is 458 g/mol. The van der Waals surface area contributed by atoms with Gasteiger partial charge in [0.1, 0.15) is 5.75 Å². The molecule has 6 rings (SSSR count). The average Bonchev–Trinajstić information content (AvgIpc) is 3.38. The van der Waals surface area contributed by atoms with Crippen LogP contribution in [0.4, 0.5) is 17.1 Å².